The second kappa shape index (κ2) is 8.80. The summed E-state index contributed by atoms with van der Waals surface area (Å²) in [6, 6.07) is 10.4. The molecule has 2 rings (SSSR count). The van der Waals surface area contributed by atoms with Crippen LogP contribution in [0.2, 0.25) is 0 Å². The summed E-state index contributed by atoms with van der Waals surface area (Å²) in [6.07, 6.45) is 2.53. The Hall–Kier alpha value is -1.39. The van der Waals surface area contributed by atoms with Crippen LogP contribution in [0.15, 0.2) is 30.3 Å². The maximum absolute atomic E-state index is 12.1. The average molecular weight is 290 g/mol. The van der Waals surface area contributed by atoms with Crippen LogP contribution in [0, 0.1) is 0 Å². The van der Waals surface area contributed by atoms with Gasteiger partial charge < -0.3 is 9.64 Å². The molecule has 1 aromatic carbocycles. The first-order valence-electron chi connectivity index (χ1n) is 7.83. The molecule has 4 heteroatoms. The van der Waals surface area contributed by atoms with Gasteiger partial charge in [-0.25, -0.2) is 0 Å². The van der Waals surface area contributed by atoms with Crippen LogP contribution in [0.25, 0.3) is 0 Å². The van der Waals surface area contributed by atoms with Crippen LogP contribution in [0.1, 0.15) is 18.4 Å². The van der Waals surface area contributed by atoms with Crippen molar-refractivity contribution >= 4 is 5.91 Å². The number of rotatable bonds is 7. The number of hydrogen-bond acceptors (Lipinski definition) is 3. The number of ether oxygens (including phenoxy) is 1. The number of likely N-dealkylation sites (N-methyl/N-ethyl adjacent to an activating group) is 1. The first-order valence-corrected chi connectivity index (χ1v) is 7.83. The number of aryl methyl sites for hydroxylation is 1. The van der Waals surface area contributed by atoms with E-state index in [1.54, 1.807) is 0 Å². The molecule has 0 aliphatic carbocycles. The summed E-state index contributed by atoms with van der Waals surface area (Å²) in [7, 11) is 1.91. The SMILES string of the molecule is CN(CCN1CCOCC1)C(=O)CCCc1ccccc1. The third kappa shape index (κ3) is 5.86. The highest BCUT2D eigenvalue weighted by Gasteiger charge is 2.13. The molecule has 0 spiro atoms. The van der Waals surface area contributed by atoms with Gasteiger partial charge in [-0.1, -0.05) is 30.3 Å². The van der Waals surface area contributed by atoms with Gasteiger partial charge in [0, 0.05) is 39.6 Å². The smallest absolute Gasteiger partial charge is 0.222 e. The van der Waals surface area contributed by atoms with E-state index < -0.39 is 0 Å². The largest absolute Gasteiger partial charge is 0.379 e. The minimum absolute atomic E-state index is 0.249. The average Bonchev–Trinajstić information content (AvgIpc) is 2.54. The molecule has 0 bridgehead atoms. The monoisotopic (exact) mass is 290 g/mol. The molecule has 0 saturated carbocycles. The maximum Gasteiger partial charge on any atom is 0.222 e. The van der Waals surface area contributed by atoms with Crippen molar-refractivity contribution in [3.8, 4) is 0 Å². The summed E-state index contributed by atoms with van der Waals surface area (Å²) < 4.78 is 5.33. The van der Waals surface area contributed by atoms with E-state index in [9.17, 15) is 4.79 Å². The molecule has 4 nitrogen and oxygen atoms in total. The normalized spacial score (nSPS) is 15.9. The standard InChI is InChI=1S/C17H26N2O2/c1-18(10-11-19-12-14-21-15-13-19)17(20)9-5-8-16-6-3-2-4-7-16/h2-4,6-7H,5,8-15H2,1H3. The second-order valence-corrected chi connectivity index (χ2v) is 5.61. The quantitative estimate of drug-likeness (QED) is 0.767. The number of hydrogen-bond donors (Lipinski definition) is 0. The van der Waals surface area contributed by atoms with Crippen LogP contribution in [0.5, 0.6) is 0 Å². The zero-order valence-electron chi connectivity index (χ0n) is 13.0. The van der Waals surface area contributed by atoms with Crippen molar-refractivity contribution in [1.82, 2.24) is 9.80 Å². The Morgan fingerprint density at radius 1 is 1.24 bits per heavy atom. The Kier molecular flexibility index (Phi) is 6.70. The second-order valence-electron chi connectivity index (χ2n) is 5.61. The highest BCUT2D eigenvalue weighted by molar-refractivity contribution is 5.75. The molecule has 1 aliphatic rings. The number of morpholine rings is 1. The minimum Gasteiger partial charge on any atom is -0.379 e. The van der Waals surface area contributed by atoms with Gasteiger partial charge in [-0.3, -0.25) is 9.69 Å². The molecule has 21 heavy (non-hydrogen) atoms. The van der Waals surface area contributed by atoms with Crippen molar-refractivity contribution in [3.05, 3.63) is 35.9 Å². The minimum atomic E-state index is 0.249. The van der Waals surface area contributed by atoms with Crippen molar-refractivity contribution in [2.24, 2.45) is 0 Å². The maximum atomic E-state index is 12.1. The fourth-order valence-corrected chi connectivity index (χ4v) is 2.52. The molecule has 0 atom stereocenters. The van der Waals surface area contributed by atoms with Gasteiger partial charge in [-0.2, -0.15) is 0 Å². The number of carbonyl (C=O) groups excluding carboxylic acids is 1. The zero-order chi connectivity index (χ0) is 14.9. The van der Waals surface area contributed by atoms with Crippen LogP contribution in [-0.2, 0) is 16.0 Å². The molecule has 1 heterocycles. The van der Waals surface area contributed by atoms with Crippen molar-refractivity contribution in [3.63, 3.8) is 0 Å². The Bertz CT molecular complexity index is 416. The molecule has 0 radical (unpaired) electrons. The van der Waals surface area contributed by atoms with Crippen LogP contribution in [0.3, 0.4) is 0 Å². The number of amides is 1. The molecule has 0 aromatic heterocycles. The number of carbonyl (C=O) groups is 1. The van der Waals surface area contributed by atoms with E-state index in [-0.39, 0.29) is 5.91 Å². The molecule has 116 valence electrons. The predicted molar refractivity (Wildman–Crippen MR) is 84.3 cm³/mol. The molecule has 1 fully saturated rings. The predicted octanol–water partition coefficient (Wildman–Crippen LogP) is 1.80. The molecule has 1 saturated heterocycles. The number of benzene rings is 1. The topological polar surface area (TPSA) is 32.8 Å². The van der Waals surface area contributed by atoms with Crippen molar-refractivity contribution in [1.29, 1.82) is 0 Å². The van der Waals surface area contributed by atoms with Gasteiger partial charge in [0.25, 0.3) is 0 Å². The van der Waals surface area contributed by atoms with Gasteiger partial charge in [-0.05, 0) is 18.4 Å². The summed E-state index contributed by atoms with van der Waals surface area (Å²) >= 11 is 0. The van der Waals surface area contributed by atoms with E-state index >= 15 is 0 Å². The highest BCUT2D eigenvalue weighted by atomic mass is 16.5. The van der Waals surface area contributed by atoms with Gasteiger partial charge >= 0.3 is 0 Å². The third-order valence-corrected chi connectivity index (χ3v) is 3.98. The van der Waals surface area contributed by atoms with Gasteiger partial charge in [0.15, 0.2) is 0 Å². The van der Waals surface area contributed by atoms with E-state index in [0.29, 0.717) is 6.42 Å². The lowest BCUT2D eigenvalue weighted by molar-refractivity contribution is -0.130. The summed E-state index contributed by atoms with van der Waals surface area (Å²) in [5.41, 5.74) is 1.31. The Labute approximate surface area is 127 Å². The van der Waals surface area contributed by atoms with Crippen molar-refractivity contribution < 1.29 is 9.53 Å². The molecular formula is C17H26N2O2. The zero-order valence-corrected chi connectivity index (χ0v) is 13.0. The Balaban J connectivity index is 1.60. The van der Waals surface area contributed by atoms with E-state index in [1.165, 1.54) is 5.56 Å². The van der Waals surface area contributed by atoms with Gasteiger partial charge in [0.05, 0.1) is 13.2 Å². The molecule has 0 unspecified atom stereocenters. The van der Waals surface area contributed by atoms with Crippen LogP contribution in [0.4, 0.5) is 0 Å². The van der Waals surface area contributed by atoms with Gasteiger partial charge in [-0.15, -0.1) is 0 Å². The molecule has 1 amide bonds. The lowest BCUT2D eigenvalue weighted by Crippen LogP contribution is -2.41. The molecule has 0 N–H and O–H groups in total. The third-order valence-electron chi connectivity index (χ3n) is 3.98. The summed E-state index contributed by atoms with van der Waals surface area (Å²) in [5.74, 6) is 0.249. The molecule has 1 aromatic rings. The van der Waals surface area contributed by atoms with E-state index in [0.717, 1.165) is 52.2 Å². The lowest BCUT2D eigenvalue weighted by Gasteiger charge is -2.28. The van der Waals surface area contributed by atoms with Crippen molar-refractivity contribution in [2.45, 2.75) is 19.3 Å². The van der Waals surface area contributed by atoms with Crippen LogP contribution in [-0.4, -0.2) is 62.1 Å². The summed E-state index contributed by atoms with van der Waals surface area (Å²) in [4.78, 5) is 16.3. The van der Waals surface area contributed by atoms with E-state index in [1.807, 2.05) is 30.1 Å². The van der Waals surface area contributed by atoms with Crippen LogP contribution >= 0.6 is 0 Å². The van der Waals surface area contributed by atoms with Gasteiger partial charge in [0.1, 0.15) is 0 Å². The first kappa shape index (κ1) is 16.0. The number of nitrogens with zero attached hydrogens (tertiary/aromatic N) is 2. The molecule has 1 aliphatic heterocycles. The first-order chi connectivity index (χ1) is 10.3. The molecular weight excluding hydrogens is 264 g/mol. The lowest BCUT2D eigenvalue weighted by atomic mass is 10.1. The highest BCUT2D eigenvalue weighted by Crippen LogP contribution is 2.06. The summed E-state index contributed by atoms with van der Waals surface area (Å²) in [6.45, 7) is 5.35. The van der Waals surface area contributed by atoms with Gasteiger partial charge in [0.2, 0.25) is 5.91 Å². The Morgan fingerprint density at radius 2 is 1.95 bits per heavy atom. The van der Waals surface area contributed by atoms with E-state index in [2.05, 4.69) is 17.0 Å². The van der Waals surface area contributed by atoms with Crippen LogP contribution < -0.4 is 0 Å². The van der Waals surface area contributed by atoms with Crippen molar-refractivity contribution in [2.75, 3.05) is 46.4 Å². The van der Waals surface area contributed by atoms with E-state index in [4.69, 9.17) is 4.74 Å². The fraction of sp³-hybridized carbons (Fsp3) is 0.588. The fourth-order valence-electron chi connectivity index (χ4n) is 2.52. The summed E-state index contributed by atoms with van der Waals surface area (Å²) in [5, 5.41) is 0. The Morgan fingerprint density at radius 3 is 2.67 bits per heavy atom.